The maximum absolute atomic E-state index is 12.6. The normalized spacial score (nSPS) is 21.2. The Balaban J connectivity index is 1.39. The van der Waals surface area contributed by atoms with E-state index in [1.807, 2.05) is 48.5 Å². The van der Waals surface area contributed by atoms with Gasteiger partial charge in [-0.2, -0.15) is 0 Å². The molecule has 27 heavy (non-hydrogen) atoms. The van der Waals surface area contributed by atoms with Crippen LogP contribution in [0.1, 0.15) is 23.5 Å². The minimum absolute atomic E-state index is 0.0898. The SMILES string of the molecule is O=C(O)C(Cc1ccccc1)NC(=O)C1CC1c1ccc2c(c1)OCCO2. The maximum Gasteiger partial charge on any atom is 0.326 e. The molecule has 3 atom stereocenters. The Labute approximate surface area is 157 Å². The minimum atomic E-state index is -1.02. The summed E-state index contributed by atoms with van der Waals surface area (Å²) in [6.45, 7) is 1.06. The Morgan fingerprint density at radius 2 is 1.81 bits per heavy atom. The summed E-state index contributed by atoms with van der Waals surface area (Å²) < 4.78 is 11.1. The maximum atomic E-state index is 12.6. The van der Waals surface area contributed by atoms with E-state index >= 15 is 0 Å². The third kappa shape index (κ3) is 3.89. The van der Waals surface area contributed by atoms with Crippen LogP contribution in [0.25, 0.3) is 0 Å². The first-order valence-corrected chi connectivity index (χ1v) is 9.08. The van der Waals surface area contributed by atoms with Crippen LogP contribution in [0.4, 0.5) is 0 Å². The van der Waals surface area contributed by atoms with Gasteiger partial charge in [-0.25, -0.2) is 4.79 Å². The zero-order chi connectivity index (χ0) is 18.8. The number of carbonyl (C=O) groups is 2. The molecule has 1 aliphatic heterocycles. The molecule has 1 aliphatic carbocycles. The van der Waals surface area contributed by atoms with Crippen molar-refractivity contribution in [3.05, 3.63) is 59.7 Å². The van der Waals surface area contributed by atoms with Crippen molar-refractivity contribution in [1.29, 1.82) is 0 Å². The van der Waals surface area contributed by atoms with Gasteiger partial charge >= 0.3 is 5.97 Å². The van der Waals surface area contributed by atoms with Crippen LogP contribution in [-0.4, -0.2) is 36.2 Å². The van der Waals surface area contributed by atoms with Crippen molar-refractivity contribution in [2.75, 3.05) is 13.2 Å². The van der Waals surface area contributed by atoms with E-state index in [4.69, 9.17) is 9.47 Å². The molecule has 4 rings (SSSR count). The molecule has 1 saturated carbocycles. The first-order valence-electron chi connectivity index (χ1n) is 9.08. The smallest absolute Gasteiger partial charge is 0.326 e. The molecule has 1 heterocycles. The van der Waals surface area contributed by atoms with Crippen molar-refractivity contribution >= 4 is 11.9 Å². The number of rotatable bonds is 6. The van der Waals surface area contributed by atoms with Crippen LogP contribution in [0, 0.1) is 5.92 Å². The number of carboxylic acid groups (broad SMARTS) is 1. The van der Waals surface area contributed by atoms with E-state index in [0.717, 1.165) is 16.9 Å². The largest absolute Gasteiger partial charge is 0.486 e. The van der Waals surface area contributed by atoms with Gasteiger partial charge in [0.15, 0.2) is 11.5 Å². The van der Waals surface area contributed by atoms with Gasteiger partial charge in [-0.3, -0.25) is 4.79 Å². The van der Waals surface area contributed by atoms with E-state index in [9.17, 15) is 14.7 Å². The summed E-state index contributed by atoms with van der Waals surface area (Å²) in [6.07, 6.45) is 0.979. The highest BCUT2D eigenvalue weighted by atomic mass is 16.6. The average molecular weight is 367 g/mol. The molecule has 3 unspecified atom stereocenters. The molecule has 6 heteroatoms. The molecular formula is C21H21NO5. The van der Waals surface area contributed by atoms with E-state index in [0.29, 0.717) is 25.4 Å². The van der Waals surface area contributed by atoms with Crippen molar-refractivity contribution in [3.8, 4) is 11.5 Å². The molecule has 140 valence electrons. The summed E-state index contributed by atoms with van der Waals surface area (Å²) in [7, 11) is 0. The number of aliphatic carboxylic acids is 1. The van der Waals surface area contributed by atoms with E-state index in [1.165, 1.54) is 0 Å². The van der Waals surface area contributed by atoms with Crippen LogP contribution >= 0.6 is 0 Å². The number of hydrogen-bond donors (Lipinski definition) is 2. The predicted octanol–water partition coefficient (Wildman–Crippen LogP) is 2.37. The highest BCUT2D eigenvalue weighted by Gasteiger charge is 2.45. The zero-order valence-corrected chi connectivity index (χ0v) is 14.8. The number of ether oxygens (including phenoxy) is 2. The van der Waals surface area contributed by atoms with E-state index in [-0.39, 0.29) is 24.2 Å². The number of carbonyl (C=O) groups excluding carboxylic acids is 1. The second-order valence-electron chi connectivity index (χ2n) is 6.94. The molecule has 2 N–H and O–H groups in total. The molecule has 1 fully saturated rings. The van der Waals surface area contributed by atoms with E-state index < -0.39 is 12.0 Å². The van der Waals surface area contributed by atoms with Gasteiger partial charge in [-0.15, -0.1) is 0 Å². The van der Waals surface area contributed by atoms with Crippen LogP contribution < -0.4 is 14.8 Å². The molecule has 0 spiro atoms. The Bertz CT molecular complexity index is 851. The van der Waals surface area contributed by atoms with E-state index in [2.05, 4.69) is 5.32 Å². The summed E-state index contributed by atoms with van der Waals surface area (Å²) in [6, 6.07) is 14.1. The molecule has 2 aliphatic rings. The number of hydrogen-bond acceptors (Lipinski definition) is 4. The molecule has 0 aromatic heterocycles. The molecule has 6 nitrogen and oxygen atoms in total. The van der Waals surface area contributed by atoms with Gasteiger partial charge in [-0.1, -0.05) is 36.4 Å². The number of benzene rings is 2. The summed E-state index contributed by atoms with van der Waals surface area (Å²) in [5, 5.41) is 12.2. The number of carboxylic acids is 1. The second-order valence-corrected chi connectivity index (χ2v) is 6.94. The number of amides is 1. The fourth-order valence-corrected chi connectivity index (χ4v) is 3.47. The first kappa shape index (κ1) is 17.4. The van der Waals surface area contributed by atoms with Crippen molar-refractivity contribution < 1.29 is 24.2 Å². The summed E-state index contributed by atoms with van der Waals surface area (Å²) in [4.78, 5) is 24.1. The summed E-state index contributed by atoms with van der Waals surface area (Å²) >= 11 is 0. The molecule has 0 saturated heterocycles. The van der Waals surface area contributed by atoms with Crippen LogP contribution in [-0.2, 0) is 16.0 Å². The van der Waals surface area contributed by atoms with Crippen molar-refractivity contribution in [1.82, 2.24) is 5.32 Å². The standard InChI is InChI=1S/C21H21NO5/c23-20(22-17(21(24)25)10-13-4-2-1-3-5-13)16-12-15(16)14-6-7-18-19(11-14)27-9-8-26-18/h1-7,11,15-17H,8-10,12H2,(H,22,23)(H,24,25). The molecule has 2 aromatic rings. The summed E-state index contributed by atoms with van der Waals surface area (Å²) in [5.74, 6) is 0.0804. The number of nitrogens with one attached hydrogen (secondary N) is 1. The monoisotopic (exact) mass is 367 g/mol. The fraction of sp³-hybridized carbons (Fsp3) is 0.333. The highest BCUT2D eigenvalue weighted by Crippen LogP contribution is 2.49. The van der Waals surface area contributed by atoms with Crippen molar-refractivity contribution in [2.24, 2.45) is 5.92 Å². The molecule has 2 aromatic carbocycles. The van der Waals surface area contributed by atoms with Crippen LogP contribution in [0.15, 0.2) is 48.5 Å². The van der Waals surface area contributed by atoms with Gasteiger partial charge in [0, 0.05) is 12.3 Å². The summed E-state index contributed by atoms with van der Waals surface area (Å²) in [5.41, 5.74) is 1.90. The third-order valence-corrected chi connectivity index (χ3v) is 5.02. The van der Waals surface area contributed by atoms with Gasteiger partial charge in [0.05, 0.1) is 0 Å². The van der Waals surface area contributed by atoms with Crippen molar-refractivity contribution in [3.63, 3.8) is 0 Å². The van der Waals surface area contributed by atoms with Gasteiger partial charge in [-0.05, 0) is 35.6 Å². The average Bonchev–Trinajstić information content (AvgIpc) is 3.49. The topological polar surface area (TPSA) is 84.9 Å². The van der Waals surface area contributed by atoms with Gasteiger partial charge in [0.25, 0.3) is 0 Å². The lowest BCUT2D eigenvalue weighted by Crippen LogP contribution is -2.43. The van der Waals surface area contributed by atoms with E-state index in [1.54, 1.807) is 0 Å². The second kappa shape index (κ2) is 7.31. The van der Waals surface area contributed by atoms with Crippen LogP contribution in [0.2, 0.25) is 0 Å². The molecule has 0 bridgehead atoms. The zero-order valence-electron chi connectivity index (χ0n) is 14.8. The lowest BCUT2D eigenvalue weighted by atomic mass is 10.0. The lowest BCUT2D eigenvalue weighted by molar-refractivity contribution is -0.142. The van der Waals surface area contributed by atoms with Gasteiger partial charge in [0.2, 0.25) is 5.91 Å². The van der Waals surface area contributed by atoms with Crippen LogP contribution in [0.3, 0.4) is 0 Å². The fourth-order valence-electron chi connectivity index (χ4n) is 3.47. The number of fused-ring (bicyclic) bond motifs is 1. The Morgan fingerprint density at radius 1 is 1.07 bits per heavy atom. The Kier molecular flexibility index (Phi) is 4.71. The third-order valence-electron chi connectivity index (χ3n) is 5.02. The molecular weight excluding hydrogens is 346 g/mol. The van der Waals surface area contributed by atoms with Crippen LogP contribution in [0.5, 0.6) is 11.5 Å². The quantitative estimate of drug-likeness (QED) is 0.819. The Morgan fingerprint density at radius 3 is 2.56 bits per heavy atom. The van der Waals surface area contributed by atoms with Crippen molar-refractivity contribution in [2.45, 2.75) is 24.8 Å². The Hall–Kier alpha value is -3.02. The predicted molar refractivity (Wildman–Crippen MR) is 98.0 cm³/mol. The molecule has 1 amide bonds. The van der Waals surface area contributed by atoms with Gasteiger partial charge in [0.1, 0.15) is 19.3 Å². The molecule has 0 radical (unpaired) electrons. The lowest BCUT2D eigenvalue weighted by Gasteiger charge is -2.19. The minimum Gasteiger partial charge on any atom is -0.486 e. The highest BCUT2D eigenvalue weighted by molar-refractivity contribution is 5.87. The van der Waals surface area contributed by atoms with Gasteiger partial charge < -0.3 is 19.9 Å². The first-order chi connectivity index (χ1) is 13.1.